The molecule has 6 heteroatoms. The molecule has 2 rings (SSSR count). The second-order valence-electron chi connectivity index (χ2n) is 4.95. The SMILES string of the molecule is COC(=O)c1ccc(Cl)c(NC(=O)CCCc2cccnc2)c1. The van der Waals surface area contributed by atoms with Crippen LogP contribution in [-0.4, -0.2) is 24.0 Å². The summed E-state index contributed by atoms with van der Waals surface area (Å²) in [6.07, 6.45) is 5.33. The molecule has 1 N–H and O–H groups in total. The number of anilines is 1. The van der Waals surface area contributed by atoms with Crippen LogP contribution in [0.15, 0.2) is 42.7 Å². The van der Waals surface area contributed by atoms with Crippen LogP contribution in [0.5, 0.6) is 0 Å². The molecule has 1 heterocycles. The number of methoxy groups -OCH3 is 1. The number of rotatable bonds is 6. The summed E-state index contributed by atoms with van der Waals surface area (Å²) in [5, 5.41) is 3.09. The highest BCUT2D eigenvalue weighted by Crippen LogP contribution is 2.23. The number of aryl methyl sites for hydroxylation is 1. The third kappa shape index (κ3) is 5.07. The summed E-state index contributed by atoms with van der Waals surface area (Å²) >= 11 is 6.04. The van der Waals surface area contributed by atoms with Crippen LogP contribution < -0.4 is 5.32 Å². The van der Waals surface area contributed by atoms with Crippen molar-refractivity contribution in [2.24, 2.45) is 0 Å². The van der Waals surface area contributed by atoms with Crippen LogP contribution in [0.25, 0.3) is 0 Å². The Balaban J connectivity index is 1.91. The van der Waals surface area contributed by atoms with E-state index in [-0.39, 0.29) is 5.91 Å². The standard InChI is InChI=1S/C17H17ClN2O3/c1-23-17(22)13-7-8-14(18)15(10-13)20-16(21)6-2-4-12-5-3-9-19-11-12/h3,5,7-11H,2,4,6H2,1H3,(H,20,21). The smallest absolute Gasteiger partial charge is 0.337 e. The molecule has 1 aromatic heterocycles. The van der Waals surface area contributed by atoms with Gasteiger partial charge in [-0.2, -0.15) is 0 Å². The number of aromatic nitrogens is 1. The number of carbonyl (C=O) groups is 2. The van der Waals surface area contributed by atoms with Gasteiger partial charge in [-0.05, 0) is 42.7 Å². The molecule has 0 aliphatic carbocycles. The molecule has 1 aromatic carbocycles. The van der Waals surface area contributed by atoms with E-state index in [0.29, 0.717) is 29.1 Å². The molecule has 1 amide bonds. The lowest BCUT2D eigenvalue weighted by Gasteiger charge is -2.09. The molecule has 0 radical (unpaired) electrons. The van der Waals surface area contributed by atoms with E-state index in [9.17, 15) is 9.59 Å². The van der Waals surface area contributed by atoms with E-state index in [4.69, 9.17) is 11.6 Å². The van der Waals surface area contributed by atoms with Crippen LogP contribution in [0, 0.1) is 0 Å². The molecule has 120 valence electrons. The van der Waals surface area contributed by atoms with Crippen LogP contribution >= 0.6 is 11.6 Å². The van der Waals surface area contributed by atoms with Gasteiger partial charge in [0, 0.05) is 18.8 Å². The first-order chi connectivity index (χ1) is 11.1. The predicted octanol–water partition coefficient (Wildman–Crippen LogP) is 3.48. The molecule has 0 unspecified atom stereocenters. The molecule has 0 atom stereocenters. The molecule has 5 nitrogen and oxygen atoms in total. The lowest BCUT2D eigenvalue weighted by atomic mass is 10.1. The van der Waals surface area contributed by atoms with Crippen LogP contribution in [0.1, 0.15) is 28.8 Å². The van der Waals surface area contributed by atoms with Gasteiger partial charge >= 0.3 is 5.97 Å². The lowest BCUT2D eigenvalue weighted by Crippen LogP contribution is -2.13. The Morgan fingerprint density at radius 2 is 2.13 bits per heavy atom. The number of ether oxygens (including phenoxy) is 1. The summed E-state index contributed by atoms with van der Waals surface area (Å²) < 4.78 is 4.65. The number of carbonyl (C=O) groups excluding carboxylic acids is 2. The zero-order chi connectivity index (χ0) is 16.7. The second kappa shape index (κ2) is 8.29. The number of nitrogens with one attached hydrogen (secondary N) is 1. The molecule has 0 aliphatic heterocycles. The topological polar surface area (TPSA) is 68.3 Å². The minimum atomic E-state index is -0.478. The van der Waals surface area contributed by atoms with Gasteiger partial charge in [-0.1, -0.05) is 17.7 Å². The maximum Gasteiger partial charge on any atom is 0.337 e. The summed E-state index contributed by atoms with van der Waals surface area (Å²) in [6.45, 7) is 0. The first-order valence-corrected chi connectivity index (χ1v) is 7.54. The normalized spacial score (nSPS) is 10.2. The van der Waals surface area contributed by atoms with E-state index < -0.39 is 5.97 Å². The monoisotopic (exact) mass is 332 g/mol. The van der Waals surface area contributed by atoms with E-state index in [1.165, 1.54) is 13.2 Å². The molecule has 0 bridgehead atoms. The van der Waals surface area contributed by atoms with Gasteiger partial charge in [0.15, 0.2) is 0 Å². The minimum Gasteiger partial charge on any atom is -0.465 e. The van der Waals surface area contributed by atoms with E-state index in [1.54, 1.807) is 24.5 Å². The van der Waals surface area contributed by atoms with Crippen LogP contribution in [0.2, 0.25) is 5.02 Å². The van der Waals surface area contributed by atoms with Crippen LogP contribution in [0.3, 0.4) is 0 Å². The number of hydrogen-bond acceptors (Lipinski definition) is 4. The van der Waals surface area contributed by atoms with Gasteiger partial charge in [-0.25, -0.2) is 4.79 Å². The maximum absolute atomic E-state index is 12.0. The summed E-state index contributed by atoms with van der Waals surface area (Å²) in [6, 6.07) is 8.45. The highest BCUT2D eigenvalue weighted by atomic mass is 35.5. The molecule has 0 aliphatic rings. The van der Waals surface area contributed by atoms with Crippen molar-refractivity contribution >= 4 is 29.2 Å². The average Bonchev–Trinajstić information content (AvgIpc) is 2.57. The molecular weight excluding hydrogens is 316 g/mol. The summed E-state index contributed by atoms with van der Waals surface area (Å²) in [7, 11) is 1.30. The van der Waals surface area contributed by atoms with Crippen molar-refractivity contribution in [3.63, 3.8) is 0 Å². The molecule has 2 aromatic rings. The quantitative estimate of drug-likeness (QED) is 0.822. The van der Waals surface area contributed by atoms with Gasteiger partial charge in [-0.15, -0.1) is 0 Å². The number of esters is 1. The highest BCUT2D eigenvalue weighted by Gasteiger charge is 2.11. The van der Waals surface area contributed by atoms with Crippen molar-refractivity contribution in [1.82, 2.24) is 4.98 Å². The first-order valence-electron chi connectivity index (χ1n) is 7.17. The summed E-state index contributed by atoms with van der Waals surface area (Å²) in [4.78, 5) is 27.5. The Bertz CT molecular complexity index is 689. The number of amides is 1. The Kier molecular flexibility index (Phi) is 6.11. The predicted molar refractivity (Wildman–Crippen MR) is 88.6 cm³/mol. The van der Waals surface area contributed by atoms with Gasteiger partial charge in [0.05, 0.1) is 23.4 Å². The zero-order valence-corrected chi connectivity index (χ0v) is 13.5. The number of hydrogen-bond donors (Lipinski definition) is 1. The Hall–Kier alpha value is -2.40. The van der Waals surface area contributed by atoms with Crippen molar-refractivity contribution in [3.05, 3.63) is 58.9 Å². The Morgan fingerprint density at radius 1 is 1.30 bits per heavy atom. The zero-order valence-electron chi connectivity index (χ0n) is 12.7. The molecule has 23 heavy (non-hydrogen) atoms. The molecular formula is C17H17ClN2O3. The number of nitrogens with zero attached hydrogens (tertiary/aromatic N) is 1. The fourth-order valence-electron chi connectivity index (χ4n) is 2.08. The van der Waals surface area contributed by atoms with Crippen LogP contribution in [-0.2, 0) is 16.0 Å². The van der Waals surface area contributed by atoms with Crippen molar-refractivity contribution < 1.29 is 14.3 Å². The van der Waals surface area contributed by atoms with E-state index in [0.717, 1.165) is 12.0 Å². The number of benzene rings is 1. The lowest BCUT2D eigenvalue weighted by molar-refractivity contribution is -0.116. The maximum atomic E-state index is 12.0. The minimum absolute atomic E-state index is 0.155. The second-order valence-corrected chi connectivity index (χ2v) is 5.36. The molecule has 0 spiro atoms. The van der Waals surface area contributed by atoms with Gasteiger partial charge < -0.3 is 10.1 Å². The summed E-state index contributed by atoms with van der Waals surface area (Å²) in [5.41, 5.74) is 1.83. The van der Waals surface area contributed by atoms with E-state index in [1.807, 2.05) is 12.1 Å². The number of halogens is 1. The Labute approximate surface area is 139 Å². The van der Waals surface area contributed by atoms with Crippen molar-refractivity contribution in [3.8, 4) is 0 Å². The first kappa shape index (κ1) is 17.0. The van der Waals surface area contributed by atoms with Crippen molar-refractivity contribution in [2.75, 3.05) is 12.4 Å². The van der Waals surface area contributed by atoms with Crippen LogP contribution in [0.4, 0.5) is 5.69 Å². The van der Waals surface area contributed by atoms with Gasteiger partial charge in [-0.3, -0.25) is 9.78 Å². The van der Waals surface area contributed by atoms with Crippen molar-refractivity contribution in [1.29, 1.82) is 0 Å². The van der Waals surface area contributed by atoms with Gasteiger partial charge in [0.1, 0.15) is 0 Å². The molecule has 0 saturated heterocycles. The largest absolute Gasteiger partial charge is 0.465 e. The van der Waals surface area contributed by atoms with Gasteiger partial charge in [0.25, 0.3) is 0 Å². The number of pyridine rings is 1. The van der Waals surface area contributed by atoms with Gasteiger partial charge in [0.2, 0.25) is 5.91 Å². The van der Waals surface area contributed by atoms with E-state index in [2.05, 4.69) is 15.0 Å². The highest BCUT2D eigenvalue weighted by molar-refractivity contribution is 6.33. The Morgan fingerprint density at radius 3 is 2.83 bits per heavy atom. The third-order valence-electron chi connectivity index (χ3n) is 3.25. The van der Waals surface area contributed by atoms with Crippen molar-refractivity contribution in [2.45, 2.75) is 19.3 Å². The fraction of sp³-hybridized carbons (Fsp3) is 0.235. The fourth-order valence-corrected chi connectivity index (χ4v) is 2.24. The average molecular weight is 333 g/mol. The summed E-state index contributed by atoms with van der Waals surface area (Å²) in [5.74, 6) is -0.633. The van der Waals surface area contributed by atoms with E-state index >= 15 is 0 Å². The molecule has 0 saturated carbocycles. The third-order valence-corrected chi connectivity index (χ3v) is 3.58. The molecule has 0 fully saturated rings.